The maximum absolute atomic E-state index is 13.0. The molecule has 1 heterocycles. The first-order valence-corrected chi connectivity index (χ1v) is 13.6. The fraction of sp³-hybridized carbons (Fsp3) is 0.125. The van der Waals surface area contributed by atoms with E-state index in [9.17, 15) is 9.59 Å². The Morgan fingerprint density at radius 1 is 0.714 bits per heavy atom. The van der Waals surface area contributed by atoms with Crippen LogP contribution in [0.1, 0.15) is 17.3 Å². The van der Waals surface area contributed by atoms with E-state index in [1.807, 2.05) is 48.5 Å². The van der Waals surface area contributed by atoms with Gasteiger partial charge in [0.15, 0.2) is 6.10 Å². The van der Waals surface area contributed by atoms with Crippen LogP contribution in [0.4, 0.5) is 5.69 Å². The molecule has 10 heteroatoms. The van der Waals surface area contributed by atoms with Crippen LogP contribution in [0.15, 0.2) is 84.9 Å². The lowest BCUT2D eigenvalue weighted by Gasteiger charge is -2.15. The average Bonchev–Trinajstić information content (AvgIpc) is 3.02. The van der Waals surface area contributed by atoms with E-state index >= 15 is 0 Å². The van der Waals surface area contributed by atoms with Crippen LogP contribution in [-0.2, 0) is 9.53 Å². The highest BCUT2D eigenvalue weighted by Crippen LogP contribution is 2.33. The molecule has 0 spiro atoms. The van der Waals surface area contributed by atoms with Crippen LogP contribution >= 0.6 is 23.2 Å². The van der Waals surface area contributed by atoms with Gasteiger partial charge in [0.05, 0.1) is 52.2 Å². The van der Waals surface area contributed by atoms with Crippen LogP contribution in [0.5, 0.6) is 11.5 Å². The lowest BCUT2D eigenvalue weighted by Crippen LogP contribution is -2.30. The fourth-order valence-electron chi connectivity index (χ4n) is 4.18. The van der Waals surface area contributed by atoms with Gasteiger partial charge in [-0.3, -0.25) is 4.79 Å². The Hall–Kier alpha value is -4.66. The molecule has 8 nitrogen and oxygen atoms in total. The molecule has 1 unspecified atom stereocenters. The summed E-state index contributed by atoms with van der Waals surface area (Å²) in [6.07, 6.45) is -1.08. The van der Waals surface area contributed by atoms with Crippen molar-refractivity contribution in [2.75, 3.05) is 19.5 Å². The summed E-state index contributed by atoms with van der Waals surface area (Å²) in [6, 6.07) is 24.6. The molecule has 1 aromatic heterocycles. The van der Waals surface area contributed by atoms with E-state index in [2.05, 4.69) is 5.32 Å². The Kier molecular flexibility index (Phi) is 8.56. The second-order valence-corrected chi connectivity index (χ2v) is 10.1. The maximum atomic E-state index is 13.0. The molecule has 42 heavy (non-hydrogen) atoms. The van der Waals surface area contributed by atoms with Gasteiger partial charge in [0.25, 0.3) is 5.91 Å². The minimum Gasteiger partial charge on any atom is -0.497 e. The van der Waals surface area contributed by atoms with Gasteiger partial charge in [0.1, 0.15) is 11.5 Å². The first-order valence-electron chi connectivity index (χ1n) is 12.8. The Morgan fingerprint density at radius 2 is 1.29 bits per heavy atom. The number of carbonyl (C=O) groups is 2. The summed E-state index contributed by atoms with van der Waals surface area (Å²) < 4.78 is 16.1. The molecule has 1 atom stereocenters. The lowest BCUT2D eigenvalue weighted by molar-refractivity contribution is -0.123. The molecule has 1 N–H and O–H groups in total. The van der Waals surface area contributed by atoms with Crippen molar-refractivity contribution in [1.82, 2.24) is 9.97 Å². The number of ether oxygens (including phenoxy) is 3. The average molecular weight is 602 g/mol. The molecule has 0 bridgehead atoms. The van der Waals surface area contributed by atoms with Crippen molar-refractivity contribution in [2.45, 2.75) is 13.0 Å². The SMILES string of the molecule is COc1ccc(-c2nc3ccc(C(=O)OC(C)C(=O)Nc4ccc(Cl)c(Cl)c4)cc3nc2-c2ccc(OC)cc2)cc1. The van der Waals surface area contributed by atoms with Crippen molar-refractivity contribution < 1.29 is 23.8 Å². The second-order valence-electron chi connectivity index (χ2n) is 9.25. The van der Waals surface area contributed by atoms with Crippen molar-refractivity contribution in [1.29, 1.82) is 0 Å². The van der Waals surface area contributed by atoms with E-state index in [0.29, 0.717) is 43.9 Å². The van der Waals surface area contributed by atoms with Crippen LogP contribution in [0.3, 0.4) is 0 Å². The number of nitrogens with one attached hydrogen (secondary N) is 1. The first kappa shape index (κ1) is 28.9. The van der Waals surface area contributed by atoms with Crippen LogP contribution in [0.25, 0.3) is 33.5 Å². The number of nitrogens with zero attached hydrogens (tertiary/aromatic N) is 2. The Balaban J connectivity index is 1.44. The Morgan fingerprint density at radius 3 is 1.83 bits per heavy atom. The highest BCUT2D eigenvalue weighted by Gasteiger charge is 2.21. The van der Waals surface area contributed by atoms with Crippen molar-refractivity contribution >= 4 is 51.8 Å². The van der Waals surface area contributed by atoms with Crippen molar-refractivity contribution in [3.05, 3.63) is 101 Å². The minimum atomic E-state index is -1.08. The van der Waals surface area contributed by atoms with Gasteiger partial charge in [0.2, 0.25) is 0 Å². The van der Waals surface area contributed by atoms with Gasteiger partial charge in [-0.1, -0.05) is 23.2 Å². The molecular formula is C32H25Cl2N3O5. The molecule has 212 valence electrons. The van der Waals surface area contributed by atoms with E-state index in [0.717, 1.165) is 16.9 Å². The van der Waals surface area contributed by atoms with Gasteiger partial charge in [-0.25, -0.2) is 14.8 Å². The maximum Gasteiger partial charge on any atom is 0.338 e. The Bertz CT molecular complexity index is 1780. The second kappa shape index (κ2) is 12.5. The zero-order chi connectivity index (χ0) is 29.8. The zero-order valence-electron chi connectivity index (χ0n) is 22.9. The first-order chi connectivity index (χ1) is 20.2. The predicted molar refractivity (Wildman–Crippen MR) is 163 cm³/mol. The van der Waals surface area contributed by atoms with E-state index < -0.39 is 18.0 Å². The molecule has 0 aliphatic heterocycles. The van der Waals surface area contributed by atoms with Gasteiger partial charge >= 0.3 is 5.97 Å². The van der Waals surface area contributed by atoms with Gasteiger partial charge in [0, 0.05) is 16.8 Å². The lowest BCUT2D eigenvalue weighted by atomic mass is 10.0. The molecule has 0 fully saturated rings. The smallest absolute Gasteiger partial charge is 0.338 e. The third kappa shape index (κ3) is 6.30. The highest BCUT2D eigenvalue weighted by molar-refractivity contribution is 6.42. The summed E-state index contributed by atoms with van der Waals surface area (Å²) in [5.41, 5.74) is 4.67. The van der Waals surface area contributed by atoms with E-state index in [1.165, 1.54) is 13.0 Å². The minimum absolute atomic E-state index is 0.226. The molecule has 0 saturated heterocycles. The van der Waals surface area contributed by atoms with Crippen LogP contribution < -0.4 is 14.8 Å². The highest BCUT2D eigenvalue weighted by atomic mass is 35.5. The summed E-state index contributed by atoms with van der Waals surface area (Å²) in [7, 11) is 3.21. The zero-order valence-corrected chi connectivity index (χ0v) is 24.4. The van der Waals surface area contributed by atoms with Crippen molar-refractivity contribution in [3.63, 3.8) is 0 Å². The molecular weight excluding hydrogens is 577 g/mol. The third-order valence-corrected chi connectivity index (χ3v) is 7.21. The van der Waals surface area contributed by atoms with Gasteiger partial charge in [-0.05, 0) is 91.9 Å². The molecule has 1 amide bonds. The summed E-state index contributed by atoms with van der Waals surface area (Å²) in [5, 5.41) is 3.31. The number of halogens is 2. The third-order valence-electron chi connectivity index (χ3n) is 6.47. The molecule has 4 aromatic carbocycles. The normalized spacial score (nSPS) is 11.5. The topological polar surface area (TPSA) is 99.6 Å². The quantitative estimate of drug-likeness (QED) is 0.184. The van der Waals surface area contributed by atoms with E-state index in [-0.39, 0.29) is 5.56 Å². The van der Waals surface area contributed by atoms with Crippen molar-refractivity contribution in [3.8, 4) is 34.0 Å². The van der Waals surface area contributed by atoms with Gasteiger partial charge in [-0.2, -0.15) is 0 Å². The molecule has 0 aliphatic rings. The number of hydrogen-bond donors (Lipinski definition) is 1. The summed E-state index contributed by atoms with van der Waals surface area (Å²) >= 11 is 12.0. The van der Waals surface area contributed by atoms with E-state index in [1.54, 1.807) is 44.6 Å². The number of carbonyl (C=O) groups excluding carboxylic acids is 2. The molecule has 5 aromatic rings. The van der Waals surface area contributed by atoms with Gasteiger partial charge < -0.3 is 19.5 Å². The fourth-order valence-corrected chi connectivity index (χ4v) is 4.48. The van der Waals surface area contributed by atoms with Crippen molar-refractivity contribution in [2.24, 2.45) is 0 Å². The number of benzene rings is 4. The summed E-state index contributed by atoms with van der Waals surface area (Å²) in [5.74, 6) is 0.233. The number of anilines is 1. The number of methoxy groups -OCH3 is 2. The predicted octanol–water partition coefficient (Wildman–Crippen LogP) is 7.47. The largest absolute Gasteiger partial charge is 0.497 e. The molecule has 0 aliphatic carbocycles. The van der Waals surface area contributed by atoms with Crippen LogP contribution in [0, 0.1) is 0 Å². The number of esters is 1. The van der Waals surface area contributed by atoms with Crippen LogP contribution in [-0.4, -0.2) is 42.2 Å². The standard InChI is InChI=1S/C32H25Cl2N3O5/c1-18(31(38)35-22-9-14-25(33)26(34)17-22)42-32(39)21-8-15-27-28(16-21)37-30(20-6-12-24(41-3)13-7-20)29(36-27)19-4-10-23(40-2)11-5-19/h4-18H,1-3H3,(H,35,38). The number of hydrogen-bond acceptors (Lipinski definition) is 7. The number of rotatable bonds is 8. The van der Waals surface area contributed by atoms with Gasteiger partial charge in [-0.15, -0.1) is 0 Å². The monoisotopic (exact) mass is 601 g/mol. The molecule has 0 saturated carbocycles. The summed E-state index contributed by atoms with van der Waals surface area (Å²) in [6.45, 7) is 1.48. The number of fused-ring (bicyclic) bond motifs is 1. The summed E-state index contributed by atoms with van der Waals surface area (Å²) in [4.78, 5) is 35.5. The Labute approximate surface area is 252 Å². The number of amides is 1. The molecule has 0 radical (unpaired) electrons. The van der Waals surface area contributed by atoms with Crippen LogP contribution in [0.2, 0.25) is 10.0 Å². The number of aromatic nitrogens is 2. The van der Waals surface area contributed by atoms with E-state index in [4.69, 9.17) is 47.4 Å². The molecule has 5 rings (SSSR count).